The molecule has 2 atom stereocenters. The van der Waals surface area contributed by atoms with Crippen LogP contribution in [0.4, 0.5) is 13.2 Å². The topological polar surface area (TPSA) is 41.1 Å². The van der Waals surface area contributed by atoms with Crippen molar-refractivity contribution in [1.82, 2.24) is 10.6 Å². The highest BCUT2D eigenvalue weighted by Gasteiger charge is 2.36. The number of alkyl halides is 3. The van der Waals surface area contributed by atoms with Crippen LogP contribution < -0.4 is 10.6 Å². The molecular formula is C17H23F3N2O. The molecule has 1 fully saturated rings. The molecule has 1 aromatic carbocycles. The summed E-state index contributed by atoms with van der Waals surface area (Å²) in [4.78, 5) is 12.3. The van der Waals surface area contributed by atoms with Crippen molar-refractivity contribution in [3.63, 3.8) is 0 Å². The van der Waals surface area contributed by atoms with E-state index in [2.05, 4.69) is 24.5 Å². The molecule has 1 amide bonds. The van der Waals surface area contributed by atoms with Crippen LogP contribution in [-0.4, -0.2) is 25.5 Å². The van der Waals surface area contributed by atoms with Crippen molar-refractivity contribution in [3.05, 3.63) is 35.4 Å². The van der Waals surface area contributed by atoms with E-state index in [0.717, 1.165) is 18.6 Å². The standard InChI is InChI=1S/C17H23F3N2O/c1-11(2)6-7-22-16(23)15-10-21-9-14(15)12-4-3-5-13(8-12)17(18,19)20/h3-5,8,11,14-15,21H,6-7,9-10H2,1-2H3,(H,22,23). The van der Waals surface area contributed by atoms with Crippen molar-refractivity contribution < 1.29 is 18.0 Å². The van der Waals surface area contributed by atoms with Gasteiger partial charge in [-0.25, -0.2) is 0 Å². The summed E-state index contributed by atoms with van der Waals surface area (Å²) in [6, 6.07) is 5.29. The van der Waals surface area contributed by atoms with E-state index in [-0.39, 0.29) is 17.7 Å². The van der Waals surface area contributed by atoms with Crippen LogP contribution in [0.2, 0.25) is 0 Å². The zero-order valence-corrected chi connectivity index (χ0v) is 13.4. The maximum absolute atomic E-state index is 12.9. The van der Waals surface area contributed by atoms with E-state index in [0.29, 0.717) is 31.1 Å². The predicted octanol–water partition coefficient (Wildman–Crippen LogP) is 3.17. The summed E-state index contributed by atoms with van der Waals surface area (Å²) in [5, 5.41) is 6.02. The van der Waals surface area contributed by atoms with Gasteiger partial charge in [0.25, 0.3) is 0 Å². The van der Waals surface area contributed by atoms with Gasteiger partial charge in [-0.1, -0.05) is 32.0 Å². The number of hydrogen-bond acceptors (Lipinski definition) is 2. The zero-order valence-electron chi connectivity index (χ0n) is 13.4. The first-order valence-electron chi connectivity index (χ1n) is 7.94. The quantitative estimate of drug-likeness (QED) is 0.872. The van der Waals surface area contributed by atoms with Gasteiger partial charge >= 0.3 is 6.18 Å². The van der Waals surface area contributed by atoms with E-state index in [1.807, 2.05) is 0 Å². The Morgan fingerprint density at radius 2 is 2.09 bits per heavy atom. The number of benzene rings is 1. The van der Waals surface area contributed by atoms with Crippen LogP contribution in [0.3, 0.4) is 0 Å². The lowest BCUT2D eigenvalue weighted by atomic mass is 9.87. The highest BCUT2D eigenvalue weighted by Crippen LogP contribution is 2.34. The van der Waals surface area contributed by atoms with Crippen molar-refractivity contribution in [2.24, 2.45) is 11.8 Å². The van der Waals surface area contributed by atoms with Gasteiger partial charge in [-0.3, -0.25) is 4.79 Å². The molecule has 1 saturated heterocycles. The molecular weight excluding hydrogens is 305 g/mol. The number of amides is 1. The molecule has 2 unspecified atom stereocenters. The van der Waals surface area contributed by atoms with Crippen LogP contribution in [0.25, 0.3) is 0 Å². The maximum atomic E-state index is 12.9. The minimum Gasteiger partial charge on any atom is -0.356 e. The number of carbonyl (C=O) groups excluding carboxylic acids is 1. The monoisotopic (exact) mass is 328 g/mol. The van der Waals surface area contributed by atoms with Gasteiger partial charge in [0.2, 0.25) is 5.91 Å². The summed E-state index contributed by atoms with van der Waals surface area (Å²) in [6.07, 6.45) is -3.48. The molecule has 0 bridgehead atoms. The number of carbonyl (C=O) groups is 1. The number of rotatable bonds is 5. The molecule has 23 heavy (non-hydrogen) atoms. The molecule has 128 valence electrons. The fourth-order valence-electron chi connectivity index (χ4n) is 2.87. The summed E-state index contributed by atoms with van der Waals surface area (Å²) in [6.45, 7) is 5.77. The molecule has 0 aromatic heterocycles. The molecule has 6 heteroatoms. The van der Waals surface area contributed by atoms with Crippen LogP contribution in [0.5, 0.6) is 0 Å². The normalized spacial score (nSPS) is 21.7. The molecule has 2 rings (SSSR count). The van der Waals surface area contributed by atoms with Crippen molar-refractivity contribution in [2.75, 3.05) is 19.6 Å². The van der Waals surface area contributed by atoms with Gasteiger partial charge in [0, 0.05) is 25.6 Å². The van der Waals surface area contributed by atoms with Crippen molar-refractivity contribution in [3.8, 4) is 0 Å². The molecule has 1 aliphatic heterocycles. The molecule has 1 heterocycles. The SMILES string of the molecule is CC(C)CCNC(=O)C1CNCC1c1cccc(C(F)(F)F)c1. The second-order valence-electron chi connectivity index (χ2n) is 6.47. The fraction of sp³-hybridized carbons (Fsp3) is 0.588. The van der Waals surface area contributed by atoms with Gasteiger partial charge in [-0.2, -0.15) is 13.2 Å². The third-order valence-electron chi connectivity index (χ3n) is 4.21. The molecule has 0 spiro atoms. The molecule has 1 aromatic rings. The highest BCUT2D eigenvalue weighted by atomic mass is 19.4. The van der Waals surface area contributed by atoms with Crippen LogP contribution in [0.15, 0.2) is 24.3 Å². The minimum absolute atomic E-state index is 0.0851. The van der Waals surface area contributed by atoms with E-state index in [9.17, 15) is 18.0 Å². The van der Waals surface area contributed by atoms with E-state index in [1.54, 1.807) is 6.07 Å². The van der Waals surface area contributed by atoms with Gasteiger partial charge in [-0.05, 0) is 24.0 Å². The van der Waals surface area contributed by atoms with Crippen LogP contribution in [-0.2, 0) is 11.0 Å². The summed E-state index contributed by atoms with van der Waals surface area (Å²) in [5.74, 6) is -0.142. The molecule has 0 radical (unpaired) electrons. The Morgan fingerprint density at radius 3 is 2.74 bits per heavy atom. The molecule has 3 nitrogen and oxygen atoms in total. The minimum atomic E-state index is -4.36. The Morgan fingerprint density at radius 1 is 1.35 bits per heavy atom. The van der Waals surface area contributed by atoms with Crippen LogP contribution in [0, 0.1) is 11.8 Å². The Hall–Kier alpha value is -1.56. The Balaban J connectivity index is 2.08. The van der Waals surface area contributed by atoms with Gasteiger partial charge in [-0.15, -0.1) is 0 Å². The molecule has 1 aliphatic rings. The lowest BCUT2D eigenvalue weighted by molar-refractivity contribution is -0.137. The summed E-state index contributed by atoms with van der Waals surface area (Å²) < 4.78 is 38.6. The van der Waals surface area contributed by atoms with Crippen molar-refractivity contribution >= 4 is 5.91 Å². The van der Waals surface area contributed by atoms with Gasteiger partial charge in [0.15, 0.2) is 0 Å². The second-order valence-corrected chi connectivity index (χ2v) is 6.47. The summed E-state index contributed by atoms with van der Waals surface area (Å²) >= 11 is 0. The number of halogens is 3. The smallest absolute Gasteiger partial charge is 0.356 e. The highest BCUT2D eigenvalue weighted by molar-refractivity contribution is 5.80. The van der Waals surface area contributed by atoms with Gasteiger partial charge in [0.1, 0.15) is 0 Å². The average molecular weight is 328 g/mol. The summed E-state index contributed by atoms with van der Waals surface area (Å²) in [5.41, 5.74) is -0.102. The zero-order chi connectivity index (χ0) is 17.0. The number of nitrogens with one attached hydrogen (secondary N) is 2. The van der Waals surface area contributed by atoms with Gasteiger partial charge in [0.05, 0.1) is 11.5 Å². The lowest BCUT2D eigenvalue weighted by Gasteiger charge is -2.20. The predicted molar refractivity (Wildman–Crippen MR) is 83.0 cm³/mol. The molecule has 0 saturated carbocycles. The Bertz CT molecular complexity index is 543. The average Bonchev–Trinajstić information content (AvgIpc) is 2.95. The third-order valence-corrected chi connectivity index (χ3v) is 4.21. The first-order valence-corrected chi connectivity index (χ1v) is 7.94. The van der Waals surface area contributed by atoms with E-state index in [1.165, 1.54) is 6.07 Å². The first-order chi connectivity index (χ1) is 10.8. The lowest BCUT2D eigenvalue weighted by Crippen LogP contribution is -2.35. The maximum Gasteiger partial charge on any atom is 0.416 e. The fourth-order valence-corrected chi connectivity index (χ4v) is 2.87. The third kappa shape index (κ3) is 4.70. The van der Waals surface area contributed by atoms with E-state index >= 15 is 0 Å². The summed E-state index contributed by atoms with van der Waals surface area (Å²) in [7, 11) is 0. The molecule has 2 N–H and O–H groups in total. The first kappa shape index (κ1) is 17.8. The van der Waals surface area contributed by atoms with Crippen LogP contribution >= 0.6 is 0 Å². The Labute approximate surface area is 134 Å². The van der Waals surface area contributed by atoms with Crippen molar-refractivity contribution in [2.45, 2.75) is 32.4 Å². The Kier molecular flexibility index (Phi) is 5.68. The van der Waals surface area contributed by atoms with Crippen molar-refractivity contribution in [1.29, 1.82) is 0 Å². The molecule has 0 aliphatic carbocycles. The number of hydrogen-bond donors (Lipinski definition) is 2. The largest absolute Gasteiger partial charge is 0.416 e. The van der Waals surface area contributed by atoms with Crippen LogP contribution in [0.1, 0.15) is 37.3 Å². The second kappa shape index (κ2) is 7.34. The van der Waals surface area contributed by atoms with E-state index < -0.39 is 11.7 Å². The van der Waals surface area contributed by atoms with E-state index in [4.69, 9.17) is 0 Å². The van der Waals surface area contributed by atoms with Gasteiger partial charge < -0.3 is 10.6 Å².